The summed E-state index contributed by atoms with van der Waals surface area (Å²) < 4.78 is 36.7. The maximum Gasteiger partial charge on any atom is 0.255 e. The van der Waals surface area contributed by atoms with Crippen molar-refractivity contribution in [2.75, 3.05) is 27.8 Å². The van der Waals surface area contributed by atoms with Crippen LogP contribution in [0.1, 0.15) is 5.56 Å². The number of nitrogens with one attached hydrogen (secondary N) is 1. The van der Waals surface area contributed by atoms with E-state index in [0.29, 0.717) is 16.3 Å². The lowest BCUT2D eigenvalue weighted by atomic mass is 10.2. The normalized spacial score (nSPS) is 11.7. The summed E-state index contributed by atoms with van der Waals surface area (Å²) in [5.74, 6) is -0.177. The van der Waals surface area contributed by atoms with Gasteiger partial charge in [-0.2, -0.15) is 9.41 Å². The predicted molar refractivity (Wildman–Crippen MR) is 112 cm³/mol. The lowest BCUT2D eigenvalue weighted by Crippen LogP contribution is -2.36. The number of benzene rings is 2. The van der Waals surface area contributed by atoms with Gasteiger partial charge in [-0.3, -0.25) is 4.79 Å². The fourth-order valence-electron chi connectivity index (χ4n) is 2.27. The van der Waals surface area contributed by atoms with Crippen LogP contribution >= 0.6 is 23.2 Å². The predicted octanol–water partition coefficient (Wildman–Crippen LogP) is 2.78. The first-order valence-electron chi connectivity index (χ1n) is 8.15. The van der Waals surface area contributed by atoms with Crippen LogP contribution in [-0.4, -0.2) is 52.7 Å². The van der Waals surface area contributed by atoms with E-state index in [1.165, 1.54) is 39.6 Å². The number of methoxy groups -OCH3 is 2. The second-order valence-electron chi connectivity index (χ2n) is 5.71. The third kappa shape index (κ3) is 5.60. The third-order valence-electron chi connectivity index (χ3n) is 3.80. The summed E-state index contributed by atoms with van der Waals surface area (Å²) in [4.78, 5) is 12.0. The van der Waals surface area contributed by atoms with Crippen LogP contribution in [0.2, 0.25) is 10.0 Å². The van der Waals surface area contributed by atoms with Gasteiger partial charge in [0.15, 0.2) is 0 Å². The Bertz CT molecular complexity index is 1030. The largest absolute Gasteiger partial charge is 0.497 e. The van der Waals surface area contributed by atoms with Crippen LogP contribution in [0.25, 0.3) is 0 Å². The van der Waals surface area contributed by atoms with Crippen LogP contribution in [0, 0.1) is 0 Å². The molecule has 29 heavy (non-hydrogen) atoms. The molecule has 0 heterocycles. The number of hydrogen-bond acceptors (Lipinski definition) is 6. The molecule has 1 amide bonds. The van der Waals surface area contributed by atoms with Gasteiger partial charge in [0, 0.05) is 18.7 Å². The molecule has 0 aliphatic rings. The summed E-state index contributed by atoms with van der Waals surface area (Å²) in [6.45, 7) is -0.469. The Morgan fingerprint density at radius 3 is 2.59 bits per heavy atom. The van der Waals surface area contributed by atoms with Crippen LogP contribution < -0.4 is 14.9 Å². The highest BCUT2D eigenvalue weighted by Gasteiger charge is 2.27. The van der Waals surface area contributed by atoms with Gasteiger partial charge < -0.3 is 9.47 Å². The van der Waals surface area contributed by atoms with Gasteiger partial charge in [0.05, 0.1) is 37.0 Å². The van der Waals surface area contributed by atoms with Gasteiger partial charge in [-0.05, 0) is 18.2 Å². The Kier molecular flexibility index (Phi) is 7.86. The van der Waals surface area contributed by atoms with Crippen molar-refractivity contribution in [1.82, 2.24) is 9.73 Å². The fraction of sp³-hybridized carbons (Fsp3) is 0.222. The summed E-state index contributed by atoms with van der Waals surface area (Å²) in [5, 5.41) is 4.41. The zero-order valence-electron chi connectivity index (χ0n) is 15.8. The van der Waals surface area contributed by atoms with Gasteiger partial charge in [-0.15, -0.1) is 0 Å². The average Bonchev–Trinajstić information content (AvgIpc) is 2.70. The first-order chi connectivity index (χ1) is 13.7. The number of nitrogens with zero attached hydrogens (tertiary/aromatic N) is 2. The molecule has 1 N–H and O–H groups in total. The minimum atomic E-state index is -4.02. The molecule has 0 aromatic heterocycles. The van der Waals surface area contributed by atoms with Crippen LogP contribution in [-0.2, 0) is 14.8 Å². The van der Waals surface area contributed by atoms with Crippen molar-refractivity contribution >= 4 is 45.3 Å². The van der Waals surface area contributed by atoms with E-state index < -0.39 is 22.5 Å². The molecule has 8 nitrogen and oxygen atoms in total. The summed E-state index contributed by atoms with van der Waals surface area (Å²) in [6.07, 6.45) is 1.31. The molecule has 2 rings (SSSR count). The number of likely N-dealkylation sites (N-methyl/N-ethyl adjacent to an activating group) is 1. The molecule has 0 radical (unpaired) electrons. The van der Waals surface area contributed by atoms with Crippen molar-refractivity contribution in [1.29, 1.82) is 0 Å². The van der Waals surface area contributed by atoms with E-state index in [9.17, 15) is 13.2 Å². The van der Waals surface area contributed by atoms with Gasteiger partial charge in [0.25, 0.3) is 5.91 Å². The Morgan fingerprint density at radius 1 is 1.21 bits per heavy atom. The van der Waals surface area contributed by atoms with E-state index in [1.807, 2.05) is 0 Å². The Labute approximate surface area is 179 Å². The minimum absolute atomic E-state index is 0.121. The average molecular weight is 460 g/mol. The van der Waals surface area contributed by atoms with Crippen LogP contribution in [0.4, 0.5) is 0 Å². The highest BCUT2D eigenvalue weighted by molar-refractivity contribution is 7.89. The van der Waals surface area contributed by atoms with E-state index >= 15 is 0 Å². The molecule has 11 heteroatoms. The third-order valence-corrected chi connectivity index (χ3v) is 6.46. The number of halogens is 2. The van der Waals surface area contributed by atoms with Crippen LogP contribution in [0.3, 0.4) is 0 Å². The van der Waals surface area contributed by atoms with E-state index in [-0.39, 0.29) is 15.7 Å². The maximum atomic E-state index is 12.8. The molecular weight excluding hydrogens is 441 g/mol. The maximum absolute atomic E-state index is 12.8. The monoisotopic (exact) mass is 459 g/mol. The van der Waals surface area contributed by atoms with Crippen LogP contribution in [0.5, 0.6) is 11.5 Å². The van der Waals surface area contributed by atoms with Crippen molar-refractivity contribution in [2.45, 2.75) is 4.90 Å². The quantitative estimate of drug-likeness (QED) is 0.483. The number of sulfonamides is 1. The van der Waals surface area contributed by atoms with E-state index in [4.69, 9.17) is 32.7 Å². The summed E-state index contributed by atoms with van der Waals surface area (Å²) in [7, 11) is 0.0140. The molecule has 156 valence electrons. The summed E-state index contributed by atoms with van der Waals surface area (Å²) >= 11 is 11.9. The lowest BCUT2D eigenvalue weighted by molar-refractivity contribution is -0.121. The van der Waals surface area contributed by atoms with Crippen molar-refractivity contribution in [2.24, 2.45) is 5.10 Å². The first-order valence-corrected chi connectivity index (χ1v) is 10.3. The van der Waals surface area contributed by atoms with Crippen LogP contribution in [0.15, 0.2) is 46.4 Å². The van der Waals surface area contributed by atoms with Crippen molar-refractivity contribution in [3.8, 4) is 11.5 Å². The molecule has 2 aromatic carbocycles. The van der Waals surface area contributed by atoms with E-state index in [1.54, 1.807) is 24.3 Å². The molecule has 0 saturated heterocycles. The summed E-state index contributed by atoms with van der Waals surface area (Å²) in [6, 6.07) is 9.32. The second kappa shape index (κ2) is 9.93. The smallest absolute Gasteiger partial charge is 0.255 e. The fourth-order valence-corrected chi connectivity index (χ4v) is 3.92. The highest BCUT2D eigenvalue weighted by Crippen LogP contribution is 2.30. The molecule has 2 aromatic rings. The van der Waals surface area contributed by atoms with E-state index in [2.05, 4.69) is 10.5 Å². The molecule has 0 saturated carbocycles. The first kappa shape index (κ1) is 23.0. The standard InChI is InChI=1S/C18H19Cl2N3O5S/c1-23(29(25,26)16-9-13(27-2)7-8-15(16)28-3)11-17(24)22-21-10-12-5-4-6-14(19)18(12)20/h4-10H,11H2,1-3H3,(H,22,24)/b21-10-. The molecule has 0 unspecified atom stereocenters. The molecule has 0 spiro atoms. The van der Waals surface area contributed by atoms with Gasteiger partial charge in [-0.25, -0.2) is 13.8 Å². The van der Waals surface area contributed by atoms with Gasteiger partial charge in [0.2, 0.25) is 10.0 Å². The number of carbonyl (C=O) groups is 1. The van der Waals surface area contributed by atoms with Crippen molar-refractivity contribution in [3.05, 3.63) is 52.0 Å². The Morgan fingerprint density at radius 2 is 1.93 bits per heavy atom. The molecule has 0 fully saturated rings. The molecule has 0 aliphatic carbocycles. The molecule has 0 atom stereocenters. The number of hydrazone groups is 1. The Balaban J connectivity index is 2.10. The lowest BCUT2D eigenvalue weighted by Gasteiger charge is -2.18. The summed E-state index contributed by atoms with van der Waals surface area (Å²) in [5.41, 5.74) is 2.75. The molecule has 0 bridgehead atoms. The highest BCUT2D eigenvalue weighted by atomic mass is 35.5. The number of rotatable bonds is 8. The van der Waals surface area contributed by atoms with Crippen molar-refractivity contribution < 1.29 is 22.7 Å². The molecule has 0 aliphatic heterocycles. The van der Waals surface area contributed by atoms with Gasteiger partial charge >= 0.3 is 0 Å². The molecular formula is C18H19Cl2N3O5S. The topological polar surface area (TPSA) is 97.3 Å². The zero-order chi connectivity index (χ0) is 21.6. The number of hydrogen-bond donors (Lipinski definition) is 1. The zero-order valence-corrected chi connectivity index (χ0v) is 18.2. The van der Waals surface area contributed by atoms with E-state index in [0.717, 1.165) is 4.31 Å². The van der Waals surface area contributed by atoms with Gasteiger partial charge in [-0.1, -0.05) is 35.3 Å². The minimum Gasteiger partial charge on any atom is -0.497 e. The van der Waals surface area contributed by atoms with Gasteiger partial charge in [0.1, 0.15) is 16.4 Å². The Hall–Kier alpha value is -2.33. The van der Waals surface area contributed by atoms with Crippen molar-refractivity contribution in [3.63, 3.8) is 0 Å². The number of carbonyl (C=O) groups excluding carboxylic acids is 1. The number of ether oxygens (including phenoxy) is 2. The SMILES string of the molecule is COc1ccc(OC)c(S(=O)(=O)N(C)CC(=O)N/N=C\c2cccc(Cl)c2Cl)c1. The number of amides is 1. The second-order valence-corrected chi connectivity index (χ2v) is 8.51.